The number of halogens is 3. The quantitative estimate of drug-likeness (QED) is 0.756. The molecule has 0 fully saturated rings. The van der Waals surface area contributed by atoms with Gasteiger partial charge in [-0.25, -0.2) is 4.98 Å². The SMILES string of the molecule is CC(C)CN(CCC#N)c1nc(Cl)c(Cl)cc1Cl. The van der Waals surface area contributed by atoms with Crippen molar-refractivity contribution in [2.45, 2.75) is 20.3 Å². The second-order valence-electron chi connectivity index (χ2n) is 4.31. The van der Waals surface area contributed by atoms with Gasteiger partial charge in [-0.2, -0.15) is 5.26 Å². The van der Waals surface area contributed by atoms with Gasteiger partial charge in [0.1, 0.15) is 11.0 Å². The number of nitriles is 1. The van der Waals surface area contributed by atoms with Crippen LogP contribution in [-0.2, 0) is 0 Å². The van der Waals surface area contributed by atoms with Crippen LogP contribution in [0.25, 0.3) is 0 Å². The molecule has 0 aromatic carbocycles. The highest BCUT2D eigenvalue weighted by atomic mass is 35.5. The van der Waals surface area contributed by atoms with Crippen LogP contribution in [0.4, 0.5) is 5.82 Å². The predicted octanol–water partition coefficient (Wildman–Crippen LogP) is 4.42. The predicted molar refractivity (Wildman–Crippen MR) is 76.5 cm³/mol. The van der Waals surface area contributed by atoms with Crippen molar-refractivity contribution in [2.75, 3.05) is 18.0 Å². The first-order chi connectivity index (χ1) is 8.45. The van der Waals surface area contributed by atoms with Crippen LogP contribution in [0, 0.1) is 17.2 Å². The molecule has 1 aromatic rings. The molecule has 0 unspecified atom stereocenters. The van der Waals surface area contributed by atoms with E-state index in [4.69, 9.17) is 40.1 Å². The van der Waals surface area contributed by atoms with Crippen LogP contribution in [-0.4, -0.2) is 18.1 Å². The molecule has 1 aromatic heterocycles. The molecular formula is C12H14Cl3N3. The molecule has 6 heteroatoms. The van der Waals surface area contributed by atoms with Crippen LogP contribution in [0.15, 0.2) is 6.07 Å². The number of hydrogen-bond acceptors (Lipinski definition) is 3. The van der Waals surface area contributed by atoms with E-state index < -0.39 is 0 Å². The summed E-state index contributed by atoms with van der Waals surface area (Å²) in [5.41, 5.74) is 0. The molecule has 0 aliphatic carbocycles. The summed E-state index contributed by atoms with van der Waals surface area (Å²) in [6.45, 7) is 5.50. The average molecular weight is 307 g/mol. The van der Waals surface area contributed by atoms with Crippen molar-refractivity contribution in [3.63, 3.8) is 0 Å². The van der Waals surface area contributed by atoms with E-state index in [1.165, 1.54) is 0 Å². The maximum Gasteiger partial charge on any atom is 0.150 e. The molecule has 1 rings (SSSR count). The van der Waals surface area contributed by atoms with E-state index in [0.29, 0.717) is 34.7 Å². The van der Waals surface area contributed by atoms with Crippen LogP contribution in [0.5, 0.6) is 0 Å². The van der Waals surface area contributed by atoms with Crippen LogP contribution >= 0.6 is 34.8 Å². The Hall–Kier alpha value is -0.690. The summed E-state index contributed by atoms with van der Waals surface area (Å²) >= 11 is 17.9. The van der Waals surface area contributed by atoms with E-state index in [0.717, 1.165) is 6.54 Å². The summed E-state index contributed by atoms with van der Waals surface area (Å²) in [5, 5.41) is 9.69. The molecule has 0 radical (unpaired) electrons. The highest BCUT2D eigenvalue weighted by Gasteiger charge is 2.15. The normalized spacial score (nSPS) is 10.5. The van der Waals surface area contributed by atoms with Gasteiger partial charge in [-0.1, -0.05) is 48.7 Å². The zero-order chi connectivity index (χ0) is 13.7. The van der Waals surface area contributed by atoms with Crippen molar-refractivity contribution in [3.8, 4) is 6.07 Å². The van der Waals surface area contributed by atoms with Gasteiger partial charge in [-0.05, 0) is 12.0 Å². The molecule has 3 nitrogen and oxygen atoms in total. The summed E-state index contributed by atoms with van der Waals surface area (Å²) in [7, 11) is 0. The number of anilines is 1. The highest BCUT2D eigenvalue weighted by molar-refractivity contribution is 6.42. The van der Waals surface area contributed by atoms with Crippen molar-refractivity contribution in [3.05, 3.63) is 21.3 Å². The minimum absolute atomic E-state index is 0.224. The first-order valence-electron chi connectivity index (χ1n) is 5.59. The maximum absolute atomic E-state index is 8.69. The Bertz CT molecular complexity index is 455. The van der Waals surface area contributed by atoms with Crippen LogP contribution in [0.1, 0.15) is 20.3 Å². The standard InChI is InChI=1S/C12H14Cl3N3/c1-8(2)7-18(5-3-4-16)12-10(14)6-9(13)11(15)17-12/h6,8H,3,5,7H2,1-2H3. The Balaban J connectivity index is 3.04. The van der Waals surface area contributed by atoms with Crippen molar-refractivity contribution < 1.29 is 0 Å². The second kappa shape index (κ2) is 7.04. The van der Waals surface area contributed by atoms with E-state index in [1.807, 2.05) is 4.90 Å². The smallest absolute Gasteiger partial charge is 0.150 e. The third kappa shape index (κ3) is 4.20. The molecule has 98 valence electrons. The van der Waals surface area contributed by atoms with Gasteiger partial charge in [0.15, 0.2) is 0 Å². The van der Waals surface area contributed by atoms with Gasteiger partial charge >= 0.3 is 0 Å². The van der Waals surface area contributed by atoms with Crippen molar-refractivity contribution >= 4 is 40.6 Å². The van der Waals surface area contributed by atoms with Crippen molar-refractivity contribution in [1.82, 2.24) is 4.98 Å². The number of nitrogens with zero attached hydrogens (tertiary/aromatic N) is 3. The number of aromatic nitrogens is 1. The van der Waals surface area contributed by atoms with Gasteiger partial charge in [0.2, 0.25) is 0 Å². The van der Waals surface area contributed by atoms with Gasteiger partial charge in [0, 0.05) is 13.1 Å². The minimum atomic E-state index is 0.224. The summed E-state index contributed by atoms with van der Waals surface area (Å²) < 4.78 is 0. The molecule has 1 heterocycles. The van der Waals surface area contributed by atoms with E-state index in [1.54, 1.807) is 6.07 Å². The topological polar surface area (TPSA) is 39.9 Å². The fourth-order valence-corrected chi connectivity index (χ4v) is 2.18. The molecule has 0 aliphatic rings. The minimum Gasteiger partial charge on any atom is -0.354 e. The van der Waals surface area contributed by atoms with E-state index in [-0.39, 0.29) is 5.15 Å². The van der Waals surface area contributed by atoms with Crippen molar-refractivity contribution in [2.24, 2.45) is 5.92 Å². The molecule has 0 aliphatic heterocycles. The maximum atomic E-state index is 8.69. The van der Waals surface area contributed by atoms with Gasteiger partial charge in [-0.3, -0.25) is 0 Å². The summed E-state index contributed by atoms with van der Waals surface area (Å²) in [5.74, 6) is 1.01. The lowest BCUT2D eigenvalue weighted by molar-refractivity contribution is 0.608. The zero-order valence-electron chi connectivity index (χ0n) is 10.3. The van der Waals surface area contributed by atoms with Gasteiger partial charge in [-0.15, -0.1) is 0 Å². The van der Waals surface area contributed by atoms with Crippen LogP contribution in [0.3, 0.4) is 0 Å². The number of hydrogen-bond donors (Lipinski definition) is 0. The largest absolute Gasteiger partial charge is 0.354 e. The molecule has 0 spiro atoms. The Kier molecular flexibility index (Phi) is 6.01. The zero-order valence-corrected chi connectivity index (χ0v) is 12.5. The van der Waals surface area contributed by atoms with E-state index in [2.05, 4.69) is 24.9 Å². The third-order valence-corrected chi connectivity index (χ3v) is 3.20. The van der Waals surface area contributed by atoms with Crippen LogP contribution < -0.4 is 4.90 Å². The average Bonchev–Trinajstić information content (AvgIpc) is 2.29. The van der Waals surface area contributed by atoms with Crippen molar-refractivity contribution in [1.29, 1.82) is 5.26 Å². The molecule has 0 saturated heterocycles. The fraction of sp³-hybridized carbons (Fsp3) is 0.500. The fourth-order valence-electron chi connectivity index (χ4n) is 1.57. The Labute approximate surface area is 122 Å². The summed E-state index contributed by atoms with van der Waals surface area (Å²) in [6, 6.07) is 3.69. The second-order valence-corrected chi connectivity index (χ2v) is 5.49. The molecule has 18 heavy (non-hydrogen) atoms. The lowest BCUT2D eigenvalue weighted by Gasteiger charge is -2.25. The van der Waals surface area contributed by atoms with E-state index >= 15 is 0 Å². The van der Waals surface area contributed by atoms with Gasteiger partial charge in [0.05, 0.1) is 22.5 Å². The molecule has 0 bridgehead atoms. The Morgan fingerprint density at radius 2 is 2.00 bits per heavy atom. The lowest BCUT2D eigenvalue weighted by Crippen LogP contribution is -2.29. The lowest BCUT2D eigenvalue weighted by atomic mass is 10.2. The number of pyridine rings is 1. The molecular weight excluding hydrogens is 293 g/mol. The first kappa shape index (κ1) is 15.4. The van der Waals surface area contributed by atoms with Gasteiger partial charge in [0.25, 0.3) is 0 Å². The summed E-state index contributed by atoms with van der Waals surface area (Å²) in [6.07, 6.45) is 0.408. The monoisotopic (exact) mass is 305 g/mol. The molecule has 0 N–H and O–H groups in total. The number of rotatable bonds is 5. The Morgan fingerprint density at radius 1 is 1.33 bits per heavy atom. The molecule has 0 atom stereocenters. The Morgan fingerprint density at radius 3 is 2.56 bits per heavy atom. The molecule has 0 saturated carbocycles. The summed E-state index contributed by atoms with van der Waals surface area (Å²) in [4.78, 5) is 6.15. The van der Waals surface area contributed by atoms with Gasteiger partial charge < -0.3 is 4.90 Å². The molecule has 0 amide bonds. The van der Waals surface area contributed by atoms with E-state index in [9.17, 15) is 0 Å². The third-order valence-electron chi connectivity index (χ3n) is 2.25. The first-order valence-corrected chi connectivity index (χ1v) is 6.72. The van der Waals surface area contributed by atoms with Crippen LogP contribution in [0.2, 0.25) is 15.2 Å². The highest BCUT2D eigenvalue weighted by Crippen LogP contribution is 2.31.